The number of fused-ring (bicyclic) bond motifs is 1. The van der Waals surface area contributed by atoms with Crippen molar-refractivity contribution in [2.75, 3.05) is 5.32 Å². The summed E-state index contributed by atoms with van der Waals surface area (Å²) in [7, 11) is -4.55. The smallest absolute Gasteiger partial charge is 0.322 e. The fourth-order valence-electron chi connectivity index (χ4n) is 1.80. The molecule has 2 rings (SSSR count). The van der Waals surface area contributed by atoms with E-state index in [0.717, 1.165) is 0 Å². The molecule has 0 fully saturated rings. The monoisotopic (exact) mass is 342 g/mol. The van der Waals surface area contributed by atoms with E-state index in [0.29, 0.717) is 22.0 Å². The molecule has 0 atom stereocenters. The molecule has 2 aromatic carbocycles. The first-order chi connectivity index (χ1) is 10.3. The third-order valence-corrected chi connectivity index (χ3v) is 3.08. The summed E-state index contributed by atoms with van der Waals surface area (Å²) < 4.78 is 32.8. The minimum atomic E-state index is -4.55. The van der Waals surface area contributed by atoms with E-state index in [1.807, 2.05) is 0 Å². The number of carbonyl (C=O) groups excluding carboxylic acids is 1. The number of carbonyl (C=O) groups is 1. The molecule has 2 aromatic rings. The number of nitrogens with zero attached hydrogens (tertiary/aromatic N) is 2. The van der Waals surface area contributed by atoms with Crippen molar-refractivity contribution in [3.05, 3.63) is 48.6 Å². The average Bonchev–Trinajstić information content (AvgIpc) is 2.45. The zero-order valence-corrected chi connectivity index (χ0v) is 15.5. The summed E-state index contributed by atoms with van der Waals surface area (Å²) in [5.74, 6) is -0.322. The van der Waals surface area contributed by atoms with Crippen LogP contribution < -0.4 is 34.9 Å². The molecule has 0 aliphatic carbocycles. The number of rotatable bonds is 4. The summed E-state index contributed by atoms with van der Waals surface area (Å²) in [5, 5.41) is 7.46. The van der Waals surface area contributed by atoms with Crippen LogP contribution in [0.3, 0.4) is 0 Å². The zero-order valence-electron chi connectivity index (χ0n) is 12.6. The SMILES string of the molecule is C=C(C)C(=O)Nc1ccc(N=NS(=O)(=O)O)c2ccccc12.[Na+]. The van der Waals surface area contributed by atoms with Crippen LogP contribution in [-0.2, 0) is 15.1 Å². The van der Waals surface area contributed by atoms with Crippen LogP contribution in [0.5, 0.6) is 0 Å². The fourth-order valence-corrected chi connectivity index (χ4v) is 2.00. The van der Waals surface area contributed by atoms with Crippen LogP contribution >= 0.6 is 0 Å². The second-order valence-corrected chi connectivity index (χ2v) is 5.60. The molecular formula is C14H13N3NaO4S+. The molecule has 23 heavy (non-hydrogen) atoms. The fraction of sp³-hybridized carbons (Fsp3) is 0.0714. The molecule has 0 saturated carbocycles. The molecule has 0 heterocycles. The zero-order chi connectivity index (χ0) is 16.3. The summed E-state index contributed by atoms with van der Waals surface area (Å²) in [6.45, 7) is 5.15. The maximum atomic E-state index is 11.7. The van der Waals surface area contributed by atoms with Crippen molar-refractivity contribution in [2.24, 2.45) is 9.63 Å². The van der Waals surface area contributed by atoms with Gasteiger partial charge in [0, 0.05) is 22.0 Å². The van der Waals surface area contributed by atoms with Gasteiger partial charge in [-0.05, 0) is 23.6 Å². The normalized spacial score (nSPS) is 11.2. The number of hydrogen-bond acceptors (Lipinski definition) is 4. The van der Waals surface area contributed by atoms with Crippen molar-refractivity contribution in [3.8, 4) is 0 Å². The maximum absolute atomic E-state index is 11.7. The van der Waals surface area contributed by atoms with Gasteiger partial charge in [-0.1, -0.05) is 30.8 Å². The molecule has 0 aliphatic rings. The number of benzene rings is 2. The van der Waals surface area contributed by atoms with E-state index in [4.69, 9.17) is 4.55 Å². The summed E-state index contributed by atoms with van der Waals surface area (Å²) in [6, 6.07) is 10.0. The van der Waals surface area contributed by atoms with E-state index in [1.54, 1.807) is 37.3 Å². The van der Waals surface area contributed by atoms with Gasteiger partial charge in [-0.3, -0.25) is 9.35 Å². The largest absolute Gasteiger partial charge is 1.00 e. The van der Waals surface area contributed by atoms with E-state index in [-0.39, 0.29) is 41.2 Å². The van der Waals surface area contributed by atoms with Gasteiger partial charge in [0.25, 0.3) is 5.91 Å². The average molecular weight is 342 g/mol. The molecule has 9 heteroatoms. The topological polar surface area (TPSA) is 108 Å². The van der Waals surface area contributed by atoms with Crippen molar-refractivity contribution in [2.45, 2.75) is 6.92 Å². The standard InChI is InChI=1S/C14H13N3O4S.Na/c1-9(2)14(18)15-12-7-8-13(16-17-22(19,20)21)11-6-4-3-5-10(11)12;/h3-8H,1H2,2H3,(H,15,18)(H,19,20,21);/q;+1. The van der Waals surface area contributed by atoms with Crippen molar-refractivity contribution < 1.29 is 47.3 Å². The Labute approximate surface area is 155 Å². The molecule has 0 aromatic heterocycles. The Morgan fingerprint density at radius 1 is 1.17 bits per heavy atom. The van der Waals surface area contributed by atoms with E-state index >= 15 is 0 Å². The third kappa shape index (κ3) is 5.22. The van der Waals surface area contributed by atoms with E-state index in [1.165, 1.54) is 6.07 Å². The first kappa shape index (κ1) is 19.5. The Balaban J connectivity index is 0.00000264. The number of anilines is 1. The molecule has 1 amide bonds. The van der Waals surface area contributed by atoms with Gasteiger partial charge in [0.1, 0.15) is 0 Å². The van der Waals surface area contributed by atoms with Crippen LogP contribution in [0.2, 0.25) is 0 Å². The third-order valence-electron chi connectivity index (χ3n) is 2.79. The van der Waals surface area contributed by atoms with Crippen LogP contribution in [-0.4, -0.2) is 18.9 Å². The van der Waals surface area contributed by atoms with Crippen molar-refractivity contribution >= 4 is 38.4 Å². The number of nitrogens with one attached hydrogen (secondary N) is 1. The number of hydrogen-bond donors (Lipinski definition) is 2. The minimum Gasteiger partial charge on any atom is -0.322 e. The van der Waals surface area contributed by atoms with Gasteiger partial charge in [-0.15, -0.1) is 5.11 Å². The van der Waals surface area contributed by atoms with Gasteiger partial charge in [0.05, 0.1) is 5.69 Å². The van der Waals surface area contributed by atoms with Gasteiger partial charge in [-0.2, -0.15) is 8.42 Å². The van der Waals surface area contributed by atoms with E-state index in [9.17, 15) is 13.2 Å². The molecule has 0 radical (unpaired) electrons. The minimum absolute atomic E-state index is 0. The molecule has 0 unspecified atom stereocenters. The van der Waals surface area contributed by atoms with Gasteiger partial charge < -0.3 is 5.32 Å². The van der Waals surface area contributed by atoms with Crippen molar-refractivity contribution in [1.82, 2.24) is 0 Å². The molecule has 7 nitrogen and oxygen atoms in total. The Bertz CT molecular complexity index is 894. The molecular weight excluding hydrogens is 329 g/mol. The second-order valence-electron chi connectivity index (χ2n) is 4.54. The summed E-state index contributed by atoms with van der Waals surface area (Å²) in [4.78, 5) is 11.7. The molecule has 2 N–H and O–H groups in total. The Kier molecular flexibility index (Phi) is 6.60. The molecule has 0 aliphatic heterocycles. The maximum Gasteiger partial charge on any atom is 1.00 e. The van der Waals surface area contributed by atoms with Crippen molar-refractivity contribution in [3.63, 3.8) is 0 Å². The van der Waals surface area contributed by atoms with Crippen molar-refractivity contribution in [1.29, 1.82) is 0 Å². The Hall–Kier alpha value is -1.58. The van der Waals surface area contributed by atoms with Gasteiger partial charge in [0.15, 0.2) is 0 Å². The van der Waals surface area contributed by atoms with Crippen LogP contribution in [0.4, 0.5) is 11.4 Å². The van der Waals surface area contributed by atoms with E-state index < -0.39 is 10.3 Å². The van der Waals surface area contributed by atoms with Crippen LogP contribution in [0, 0.1) is 0 Å². The molecule has 0 saturated heterocycles. The van der Waals surface area contributed by atoms with Gasteiger partial charge in [-0.25, -0.2) is 0 Å². The second kappa shape index (κ2) is 7.80. The summed E-state index contributed by atoms with van der Waals surface area (Å²) in [5.41, 5.74) is 1.15. The Morgan fingerprint density at radius 2 is 1.78 bits per heavy atom. The van der Waals surface area contributed by atoms with E-state index in [2.05, 4.69) is 21.5 Å². The molecule has 0 bridgehead atoms. The predicted octanol–water partition coefficient (Wildman–Crippen LogP) is 0.245. The molecule has 114 valence electrons. The Morgan fingerprint density at radius 3 is 2.35 bits per heavy atom. The quantitative estimate of drug-likeness (QED) is 0.359. The molecule has 0 spiro atoms. The van der Waals surface area contributed by atoms with Crippen LogP contribution in [0.15, 0.2) is 58.2 Å². The predicted molar refractivity (Wildman–Crippen MR) is 83.5 cm³/mol. The van der Waals surface area contributed by atoms with Gasteiger partial charge >= 0.3 is 39.9 Å². The summed E-state index contributed by atoms with van der Waals surface area (Å²) >= 11 is 0. The van der Waals surface area contributed by atoms with Gasteiger partial charge in [0.2, 0.25) is 0 Å². The van der Waals surface area contributed by atoms with Crippen LogP contribution in [0.1, 0.15) is 6.92 Å². The number of amides is 1. The first-order valence-corrected chi connectivity index (χ1v) is 7.56. The van der Waals surface area contributed by atoms with Crippen LogP contribution in [0.25, 0.3) is 10.8 Å². The first-order valence-electron chi connectivity index (χ1n) is 6.17. The summed E-state index contributed by atoms with van der Waals surface area (Å²) in [6.07, 6.45) is 0.